The van der Waals surface area contributed by atoms with Crippen LogP contribution >= 0.6 is 11.3 Å². The van der Waals surface area contributed by atoms with Crippen molar-refractivity contribution in [2.75, 3.05) is 26.8 Å². The summed E-state index contributed by atoms with van der Waals surface area (Å²) in [6, 6.07) is 17.9. The predicted molar refractivity (Wildman–Crippen MR) is 127 cm³/mol. The van der Waals surface area contributed by atoms with Crippen molar-refractivity contribution in [2.45, 2.75) is 24.9 Å². The quantitative estimate of drug-likeness (QED) is 0.407. The maximum atomic E-state index is 13.4. The minimum Gasteiger partial charge on any atom is -0.383 e. The molecular formula is C24H27FN2O4S2. The maximum absolute atomic E-state index is 13.4. The molecule has 0 unspecified atom stereocenters. The van der Waals surface area contributed by atoms with Gasteiger partial charge >= 0.3 is 0 Å². The lowest BCUT2D eigenvalue weighted by molar-refractivity contribution is -0.132. The summed E-state index contributed by atoms with van der Waals surface area (Å²) in [7, 11) is -2.41. The van der Waals surface area contributed by atoms with Crippen molar-refractivity contribution in [3.05, 3.63) is 87.9 Å². The third-order valence-corrected chi connectivity index (χ3v) is 7.86. The lowest BCUT2D eigenvalue weighted by atomic mass is 10.2. The summed E-state index contributed by atoms with van der Waals surface area (Å²) in [4.78, 5) is 17.2. The minimum atomic E-state index is -3.89. The number of methoxy groups -OCH3 is 1. The first kappa shape index (κ1) is 25.0. The summed E-state index contributed by atoms with van der Waals surface area (Å²) < 4.78 is 46.0. The number of aryl methyl sites for hydroxylation is 1. The van der Waals surface area contributed by atoms with Gasteiger partial charge in [-0.3, -0.25) is 4.79 Å². The van der Waals surface area contributed by atoms with Crippen molar-refractivity contribution in [1.29, 1.82) is 0 Å². The van der Waals surface area contributed by atoms with Crippen molar-refractivity contribution in [1.82, 2.24) is 9.21 Å². The molecule has 176 valence electrons. The van der Waals surface area contributed by atoms with E-state index in [0.29, 0.717) is 6.54 Å². The Morgan fingerprint density at radius 3 is 2.30 bits per heavy atom. The number of carbonyl (C=O) groups excluding carboxylic acids is 1. The number of hydrogen-bond acceptors (Lipinski definition) is 5. The van der Waals surface area contributed by atoms with Gasteiger partial charge < -0.3 is 9.64 Å². The highest BCUT2D eigenvalue weighted by molar-refractivity contribution is 7.89. The molecular weight excluding hydrogens is 463 g/mol. The molecule has 1 amide bonds. The molecule has 0 N–H and O–H groups in total. The summed E-state index contributed by atoms with van der Waals surface area (Å²) >= 11 is 1.58. The number of ether oxygens (including phenoxy) is 1. The van der Waals surface area contributed by atoms with E-state index < -0.39 is 10.0 Å². The number of rotatable bonds is 11. The third kappa shape index (κ3) is 6.94. The maximum Gasteiger partial charge on any atom is 0.243 e. The standard InChI is InChI=1S/C24H27FN2O4S2/c1-19-8-13-22(32-19)17-26(16-20-9-11-21(25)12-10-20)24(28)18-27(14-15-31-2)33(29,30)23-6-4-3-5-7-23/h3-13H,14-18H2,1-2H3. The van der Waals surface area contributed by atoms with Crippen LogP contribution < -0.4 is 0 Å². The van der Waals surface area contributed by atoms with Crippen LogP contribution in [0.5, 0.6) is 0 Å². The molecule has 0 fully saturated rings. The van der Waals surface area contributed by atoms with Crippen LogP contribution in [-0.4, -0.2) is 50.3 Å². The fraction of sp³-hybridized carbons (Fsp3) is 0.292. The normalized spacial score (nSPS) is 11.6. The van der Waals surface area contributed by atoms with Crippen molar-refractivity contribution >= 4 is 27.3 Å². The molecule has 0 radical (unpaired) electrons. The number of thiophene rings is 1. The number of amides is 1. The van der Waals surface area contributed by atoms with Gasteiger partial charge in [-0.1, -0.05) is 30.3 Å². The SMILES string of the molecule is COCCN(CC(=O)N(Cc1ccc(F)cc1)Cc1ccc(C)s1)S(=O)(=O)c1ccccc1. The number of nitrogens with zero attached hydrogens (tertiary/aromatic N) is 2. The van der Waals surface area contributed by atoms with Crippen LogP contribution in [-0.2, 0) is 32.6 Å². The van der Waals surface area contributed by atoms with E-state index in [1.165, 1.54) is 31.4 Å². The molecule has 0 spiro atoms. The van der Waals surface area contributed by atoms with E-state index in [2.05, 4.69) is 0 Å². The topological polar surface area (TPSA) is 66.9 Å². The van der Waals surface area contributed by atoms with Crippen LogP contribution in [0.25, 0.3) is 0 Å². The molecule has 0 atom stereocenters. The van der Waals surface area contributed by atoms with Crippen molar-refractivity contribution < 1.29 is 22.3 Å². The van der Waals surface area contributed by atoms with Gasteiger partial charge in [0, 0.05) is 30.0 Å². The Labute approximate surface area is 198 Å². The van der Waals surface area contributed by atoms with Crippen LogP contribution in [0.1, 0.15) is 15.3 Å². The Bertz CT molecular complexity index is 1150. The first-order valence-electron chi connectivity index (χ1n) is 10.4. The monoisotopic (exact) mass is 490 g/mol. The lowest BCUT2D eigenvalue weighted by Gasteiger charge is -2.27. The molecule has 0 aliphatic carbocycles. The molecule has 0 saturated heterocycles. The zero-order valence-electron chi connectivity index (χ0n) is 18.6. The Hall–Kier alpha value is -2.59. The van der Waals surface area contributed by atoms with Crippen LogP contribution in [0.15, 0.2) is 71.6 Å². The highest BCUT2D eigenvalue weighted by Crippen LogP contribution is 2.20. The van der Waals surface area contributed by atoms with Crippen LogP contribution in [0.4, 0.5) is 4.39 Å². The third-order valence-electron chi connectivity index (χ3n) is 5.02. The lowest BCUT2D eigenvalue weighted by Crippen LogP contribution is -2.43. The highest BCUT2D eigenvalue weighted by Gasteiger charge is 2.28. The van der Waals surface area contributed by atoms with Gasteiger partial charge in [0.1, 0.15) is 5.82 Å². The van der Waals surface area contributed by atoms with E-state index in [1.807, 2.05) is 19.1 Å². The summed E-state index contributed by atoms with van der Waals surface area (Å²) in [5.74, 6) is -0.703. The van der Waals surface area contributed by atoms with E-state index in [-0.39, 0.29) is 42.9 Å². The number of halogens is 1. The first-order chi connectivity index (χ1) is 15.8. The molecule has 0 aliphatic heterocycles. The van der Waals surface area contributed by atoms with Crippen molar-refractivity contribution in [3.63, 3.8) is 0 Å². The second kappa shape index (κ2) is 11.5. The van der Waals surface area contributed by atoms with E-state index in [4.69, 9.17) is 4.74 Å². The molecule has 1 aromatic heterocycles. The molecule has 3 aromatic rings. The van der Waals surface area contributed by atoms with E-state index in [0.717, 1.165) is 19.6 Å². The summed E-state index contributed by atoms with van der Waals surface area (Å²) in [5, 5.41) is 0. The molecule has 33 heavy (non-hydrogen) atoms. The molecule has 9 heteroatoms. The molecule has 0 saturated carbocycles. The highest BCUT2D eigenvalue weighted by atomic mass is 32.2. The molecule has 6 nitrogen and oxygen atoms in total. The van der Waals surface area contributed by atoms with Crippen molar-refractivity contribution in [3.8, 4) is 0 Å². The van der Waals surface area contributed by atoms with Crippen LogP contribution in [0.3, 0.4) is 0 Å². The number of hydrogen-bond donors (Lipinski definition) is 0. The number of sulfonamides is 1. The Balaban J connectivity index is 1.85. The second-order valence-electron chi connectivity index (χ2n) is 7.53. The van der Waals surface area contributed by atoms with Gasteiger partial charge in [-0.25, -0.2) is 12.8 Å². The molecule has 1 heterocycles. The minimum absolute atomic E-state index is 0.0436. The average Bonchev–Trinajstić information content (AvgIpc) is 3.22. The Morgan fingerprint density at radius 1 is 1.00 bits per heavy atom. The summed E-state index contributed by atoms with van der Waals surface area (Å²) in [6.07, 6.45) is 0. The van der Waals surface area contributed by atoms with Gasteiger partial charge in [-0.05, 0) is 48.9 Å². The Morgan fingerprint density at radius 2 is 1.70 bits per heavy atom. The fourth-order valence-electron chi connectivity index (χ4n) is 3.27. The summed E-state index contributed by atoms with van der Waals surface area (Å²) in [5.41, 5.74) is 0.757. The van der Waals surface area contributed by atoms with E-state index in [9.17, 15) is 17.6 Å². The molecule has 2 aromatic carbocycles. The molecule has 3 rings (SSSR count). The largest absolute Gasteiger partial charge is 0.383 e. The number of carbonyl (C=O) groups is 1. The van der Waals surface area contributed by atoms with Gasteiger partial charge in [0.2, 0.25) is 15.9 Å². The van der Waals surface area contributed by atoms with Gasteiger partial charge in [-0.2, -0.15) is 4.31 Å². The van der Waals surface area contributed by atoms with Gasteiger partial charge in [0.25, 0.3) is 0 Å². The van der Waals surface area contributed by atoms with Crippen LogP contribution in [0, 0.1) is 12.7 Å². The van der Waals surface area contributed by atoms with Gasteiger partial charge in [0.15, 0.2) is 0 Å². The van der Waals surface area contributed by atoms with Crippen LogP contribution in [0.2, 0.25) is 0 Å². The number of benzene rings is 2. The molecule has 0 bridgehead atoms. The van der Waals surface area contributed by atoms with Gasteiger partial charge in [0.05, 0.1) is 24.6 Å². The zero-order chi connectivity index (χ0) is 23.8. The first-order valence-corrected chi connectivity index (χ1v) is 12.7. The van der Waals surface area contributed by atoms with Gasteiger partial charge in [-0.15, -0.1) is 11.3 Å². The molecule has 0 aliphatic rings. The second-order valence-corrected chi connectivity index (χ2v) is 10.8. The zero-order valence-corrected chi connectivity index (χ0v) is 20.2. The summed E-state index contributed by atoms with van der Waals surface area (Å²) in [6.45, 7) is 2.42. The van der Waals surface area contributed by atoms with E-state index >= 15 is 0 Å². The van der Waals surface area contributed by atoms with Crippen molar-refractivity contribution in [2.24, 2.45) is 0 Å². The van der Waals surface area contributed by atoms with E-state index in [1.54, 1.807) is 46.6 Å². The fourth-order valence-corrected chi connectivity index (χ4v) is 5.57. The Kier molecular flexibility index (Phi) is 8.74. The average molecular weight is 491 g/mol. The smallest absolute Gasteiger partial charge is 0.243 e. The predicted octanol–water partition coefficient (Wildman–Crippen LogP) is 4.06.